The molecular weight excluding hydrogens is 522 g/mol. The smallest absolute Gasteiger partial charge is 0.132 e. The molecule has 43 heavy (non-hydrogen) atoms. The summed E-state index contributed by atoms with van der Waals surface area (Å²) in [6, 6.07) is 55.2. The fourth-order valence-electron chi connectivity index (χ4n) is 7.97. The average Bonchev–Trinajstić information content (AvgIpc) is 3.55. The largest absolute Gasteiger partial charge is 0.457 e. The molecule has 10 rings (SSSR count). The lowest BCUT2D eigenvalue weighted by Crippen LogP contribution is -2.32. The number of hydrogen-bond acceptors (Lipinski definition) is 1. The fourth-order valence-corrected chi connectivity index (χ4v) is 7.97. The highest BCUT2D eigenvalue weighted by atomic mass is 16.5. The Bertz CT molecular complexity index is 2390. The first-order valence-electron chi connectivity index (χ1n) is 14.9. The lowest BCUT2D eigenvalue weighted by Gasteiger charge is -2.39. The predicted molar refractivity (Wildman–Crippen MR) is 176 cm³/mol. The Balaban J connectivity index is 1.44. The molecule has 8 aromatic rings. The molecule has 0 saturated heterocycles. The van der Waals surface area contributed by atoms with Gasteiger partial charge in [-0.15, -0.1) is 0 Å². The van der Waals surface area contributed by atoms with E-state index in [1.165, 1.54) is 66.0 Å². The molecule has 0 amide bonds. The zero-order chi connectivity index (χ0) is 28.1. The fraction of sp³-hybridized carbons (Fsp3) is 0.0244. The Kier molecular flexibility index (Phi) is 4.41. The second-order valence-corrected chi connectivity index (χ2v) is 11.7. The number of fused-ring (bicyclic) bond motifs is 14. The summed E-state index contributed by atoms with van der Waals surface area (Å²) < 4.78 is 9.04. The second kappa shape index (κ2) is 8.24. The standard InChI is InChI=1S/C41H25NO/c1-2-13-27(14-3-1)42-37-25-36-31(24-32(37)30-23-22-26-12-4-5-15-28(26)40(30)42)29-16-6-7-17-33(29)41(36)34-18-8-10-20-38(34)43-39-21-11-9-19-35(39)41/h1-25H. The van der Waals surface area contributed by atoms with Crippen LogP contribution in [-0.4, -0.2) is 4.57 Å². The quantitative estimate of drug-likeness (QED) is 0.199. The van der Waals surface area contributed by atoms with E-state index in [2.05, 4.69) is 156 Å². The van der Waals surface area contributed by atoms with Gasteiger partial charge in [0.2, 0.25) is 0 Å². The highest BCUT2D eigenvalue weighted by molar-refractivity contribution is 6.19. The number of rotatable bonds is 1. The van der Waals surface area contributed by atoms with Gasteiger partial charge >= 0.3 is 0 Å². The van der Waals surface area contributed by atoms with E-state index in [9.17, 15) is 0 Å². The molecule has 2 heterocycles. The third-order valence-electron chi connectivity index (χ3n) is 9.63. The number of hydrogen-bond donors (Lipinski definition) is 0. The van der Waals surface area contributed by atoms with Gasteiger partial charge in [0.05, 0.1) is 16.4 Å². The van der Waals surface area contributed by atoms with Gasteiger partial charge in [0.1, 0.15) is 11.5 Å². The van der Waals surface area contributed by atoms with Crippen molar-refractivity contribution in [2.75, 3.05) is 0 Å². The van der Waals surface area contributed by atoms with Gasteiger partial charge in [0.25, 0.3) is 0 Å². The van der Waals surface area contributed by atoms with Crippen LogP contribution in [0.1, 0.15) is 22.3 Å². The molecule has 0 bridgehead atoms. The summed E-state index contributed by atoms with van der Waals surface area (Å²) in [6.07, 6.45) is 0. The molecule has 0 saturated carbocycles. The van der Waals surface area contributed by atoms with Crippen LogP contribution in [-0.2, 0) is 5.41 Å². The third kappa shape index (κ3) is 2.83. The SMILES string of the molecule is c1ccc(-n2c3cc4c(cc3c3ccc5ccccc5c32)-c2ccccc2C42c3ccccc3Oc3ccccc32)cc1. The molecule has 200 valence electrons. The predicted octanol–water partition coefficient (Wildman–Crippen LogP) is 10.4. The van der Waals surface area contributed by atoms with Gasteiger partial charge in [-0.3, -0.25) is 0 Å². The van der Waals surface area contributed by atoms with Crippen molar-refractivity contribution >= 4 is 32.6 Å². The van der Waals surface area contributed by atoms with E-state index in [1.54, 1.807) is 0 Å². The van der Waals surface area contributed by atoms with Crippen LogP contribution in [0.15, 0.2) is 152 Å². The van der Waals surface area contributed by atoms with Crippen molar-refractivity contribution in [2.24, 2.45) is 0 Å². The number of nitrogens with zero attached hydrogens (tertiary/aromatic N) is 1. The first-order chi connectivity index (χ1) is 21.3. The molecular formula is C41H25NO. The van der Waals surface area contributed by atoms with Crippen molar-refractivity contribution in [2.45, 2.75) is 5.41 Å². The van der Waals surface area contributed by atoms with Crippen LogP contribution in [0.3, 0.4) is 0 Å². The summed E-state index contributed by atoms with van der Waals surface area (Å²) in [7, 11) is 0. The van der Waals surface area contributed by atoms with E-state index in [0.717, 1.165) is 17.2 Å². The van der Waals surface area contributed by atoms with Gasteiger partial charge < -0.3 is 9.30 Å². The number of ether oxygens (including phenoxy) is 1. The van der Waals surface area contributed by atoms with Gasteiger partial charge in [-0.05, 0) is 64.0 Å². The van der Waals surface area contributed by atoms with Crippen LogP contribution in [0.2, 0.25) is 0 Å². The zero-order valence-corrected chi connectivity index (χ0v) is 23.3. The van der Waals surface area contributed by atoms with E-state index in [0.29, 0.717) is 0 Å². The summed E-state index contributed by atoms with van der Waals surface area (Å²) in [5.74, 6) is 1.83. The lowest BCUT2D eigenvalue weighted by atomic mass is 9.66. The first kappa shape index (κ1) is 23.0. The summed E-state index contributed by atoms with van der Waals surface area (Å²) >= 11 is 0. The summed E-state index contributed by atoms with van der Waals surface area (Å²) in [6.45, 7) is 0. The summed E-state index contributed by atoms with van der Waals surface area (Å²) in [5.41, 5.74) is 10.7. The van der Waals surface area contributed by atoms with Crippen LogP contribution in [0.25, 0.3) is 49.4 Å². The maximum atomic E-state index is 6.57. The molecule has 2 heteroatoms. The molecule has 1 aliphatic heterocycles. The van der Waals surface area contributed by atoms with Crippen molar-refractivity contribution < 1.29 is 4.74 Å². The maximum absolute atomic E-state index is 6.57. The van der Waals surface area contributed by atoms with E-state index >= 15 is 0 Å². The minimum atomic E-state index is -0.494. The lowest BCUT2D eigenvalue weighted by molar-refractivity contribution is 0.436. The third-order valence-corrected chi connectivity index (χ3v) is 9.63. The van der Waals surface area contributed by atoms with E-state index < -0.39 is 5.41 Å². The van der Waals surface area contributed by atoms with E-state index in [1.807, 2.05) is 0 Å². The molecule has 0 radical (unpaired) electrons. The summed E-state index contributed by atoms with van der Waals surface area (Å²) in [4.78, 5) is 0. The van der Waals surface area contributed by atoms with Gasteiger partial charge in [-0.25, -0.2) is 0 Å². The molecule has 0 unspecified atom stereocenters. The van der Waals surface area contributed by atoms with Crippen molar-refractivity contribution in [1.29, 1.82) is 0 Å². The highest BCUT2D eigenvalue weighted by Crippen LogP contribution is 2.62. The normalized spacial score (nSPS) is 14.0. The molecule has 0 N–H and O–H groups in total. The monoisotopic (exact) mass is 547 g/mol. The summed E-state index contributed by atoms with van der Waals surface area (Å²) in [5, 5.41) is 5.05. The Morgan fingerprint density at radius 2 is 1.09 bits per heavy atom. The minimum Gasteiger partial charge on any atom is -0.457 e. The molecule has 1 spiro atoms. The Morgan fingerprint density at radius 1 is 0.442 bits per heavy atom. The minimum absolute atomic E-state index is 0.494. The molecule has 2 nitrogen and oxygen atoms in total. The van der Waals surface area contributed by atoms with Crippen molar-refractivity contribution in [3.05, 3.63) is 174 Å². The van der Waals surface area contributed by atoms with Gasteiger partial charge in [-0.1, -0.05) is 115 Å². The average molecular weight is 548 g/mol. The second-order valence-electron chi connectivity index (χ2n) is 11.7. The molecule has 7 aromatic carbocycles. The van der Waals surface area contributed by atoms with E-state index in [4.69, 9.17) is 4.74 Å². The van der Waals surface area contributed by atoms with Crippen LogP contribution in [0.4, 0.5) is 0 Å². The van der Waals surface area contributed by atoms with Gasteiger partial charge in [0.15, 0.2) is 0 Å². The molecule has 0 fully saturated rings. The Morgan fingerprint density at radius 3 is 1.88 bits per heavy atom. The van der Waals surface area contributed by atoms with Crippen molar-refractivity contribution in [3.63, 3.8) is 0 Å². The van der Waals surface area contributed by atoms with Gasteiger partial charge in [-0.2, -0.15) is 0 Å². The van der Waals surface area contributed by atoms with Crippen molar-refractivity contribution in [1.82, 2.24) is 4.57 Å². The number of para-hydroxylation sites is 3. The van der Waals surface area contributed by atoms with Crippen LogP contribution < -0.4 is 4.74 Å². The Hall–Kier alpha value is -5.60. The number of aromatic nitrogens is 1. The molecule has 2 aliphatic rings. The number of benzene rings is 7. The van der Waals surface area contributed by atoms with Crippen molar-refractivity contribution in [3.8, 4) is 28.3 Å². The van der Waals surface area contributed by atoms with Crippen LogP contribution in [0, 0.1) is 0 Å². The highest BCUT2D eigenvalue weighted by Gasteiger charge is 2.51. The van der Waals surface area contributed by atoms with Crippen LogP contribution in [0.5, 0.6) is 11.5 Å². The molecule has 1 aliphatic carbocycles. The van der Waals surface area contributed by atoms with Crippen LogP contribution >= 0.6 is 0 Å². The zero-order valence-electron chi connectivity index (χ0n) is 23.3. The maximum Gasteiger partial charge on any atom is 0.132 e. The first-order valence-corrected chi connectivity index (χ1v) is 14.9. The topological polar surface area (TPSA) is 14.2 Å². The van der Waals surface area contributed by atoms with E-state index in [-0.39, 0.29) is 0 Å². The molecule has 0 atom stereocenters. The Labute approximate surface area is 249 Å². The van der Waals surface area contributed by atoms with Gasteiger partial charge in [0, 0.05) is 33.0 Å². The molecule has 1 aromatic heterocycles.